The van der Waals surface area contributed by atoms with Crippen LogP contribution in [0.25, 0.3) is 0 Å². The third kappa shape index (κ3) is 3.93. The van der Waals surface area contributed by atoms with E-state index < -0.39 is 0 Å². The van der Waals surface area contributed by atoms with E-state index in [-0.39, 0.29) is 29.0 Å². The molecule has 0 saturated heterocycles. The maximum atomic E-state index is 11.9. The predicted molar refractivity (Wildman–Crippen MR) is 69.7 cm³/mol. The molecular formula is C12H16BrNO3. The largest absolute Gasteiger partial charge is 0.508 e. The maximum Gasteiger partial charge on any atom is 0.255 e. The molecule has 1 unspecified atom stereocenters. The Morgan fingerprint density at radius 3 is 2.76 bits per heavy atom. The molecule has 0 heterocycles. The summed E-state index contributed by atoms with van der Waals surface area (Å²) in [6.07, 6.45) is 1.64. The van der Waals surface area contributed by atoms with Crippen LogP contribution in [0.5, 0.6) is 11.5 Å². The highest BCUT2D eigenvalue weighted by atomic mass is 79.9. The standard InChI is InChI=1S/C12H16BrNO3/c1-2-8(5-6-13)14-12(17)10-7-9(15)3-4-11(10)16/h3-4,7-8,15-16H,2,5-6H2,1H3,(H,14,17). The van der Waals surface area contributed by atoms with Crippen molar-refractivity contribution < 1.29 is 15.0 Å². The fourth-order valence-electron chi connectivity index (χ4n) is 1.48. The molecule has 0 radical (unpaired) electrons. The average Bonchev–Trinajstić information content (AvgIpc) is 2.31. The van der Waals surface area contributed by atoms with Crippen LogP contribution in [0.4, 0.5) is 0 Å². The van der Waals surface area contributed by atoms with E-state index in [4.69, 9.17) is 0 Å². The Morgan fingerprint density at radius 2 is 2.18 bits per heavy atom. The summed E-state index contributed by atoms with van der Waals surface area (Å²) >= 11 is 3.32. The minimum Gasteiger partial charge on any atom is -0.508 e. The number of carbonyl (C=O) groups excluding carboxylic acids is 1. The smallest absolute Gasteiger partial charge is 0.255 e. The van der Waals surface area contributed by atoms with Gasteiger partial charge in [0.1, 0.15) is 11.5 Å². The van der Waals surface area contributed by atoms with Gasteiger partial charge in [-0.3, -0.25) is 4.79 Å². The van der Waals surface area contributed by atoms with Crippen molar-refractivity contribution in [3.8, 4) is 11.5 Å². The monoisotopic (exact) mass is 301 g/mol. The highest BCUT2D eigenvalue weighted by molar-refractivity contribution is 9.09. The van der Waals surface area contributed by atoms with E-state index in [1.807, 2.05) is 6.92 Å². The zero-order chi connectivity index (χ0) is 12.8. The third-order valence-corrected chi connectivity index (χ3v) is 2.97. The lowest BCUT2D eigenvalue weighted by molar-refractivity contribution is 0.0932. The molecule has 1 aromatic carbocycles. The van der Waals surface area contributed by atoms with E-state index in [2.05, 4.69) is 21.2 Å². The molecule has 0 aliphatic heterocycles. The third-order valence-electron chi connectivity index (χ3n) is 2.51. The van der Waals surface area contributed by atoms with Crippen molar-refractivity contribution in [3.63, 3.8) is 0 Å². The number of rotatable bonds is 5. The molecule has 0 bridgehead atoms. The van der Waals surface area contributed by atoms with Gasteiger partial charge in [0.2, 0.25) is 0 Å². The molecule has 0 aromatic heterocycles. The SMILES string of the molecule is CCC(CCBr)NC(=O)c1cc(O)ccc1O. The van der Waals surface area contributed by atoms with Crippen LogP contribution in [0, 0.1) is 0 Å². The Hall–Kier alpha value is -1.23. The van der Waals surface area contributed by atoms with Crippen molar-refractivity contribution in [3.05, 3.63) is 23.8 Å². The molecule has 1 aromatic rings. The summed E-state index contributed by atoms with van der Waals surface area (Å²) in [7, 11) is 0. The number of halogens is 1. The Labute approximate surface area is 109 Å². The van der Waals surface area contributed by atoms with E-state index in [9.17, 15) is 15.0 Å². The first-order chi connectivity index (χ1) is 8.08. The molecule has 4 nitrogen and oxygen atoms in total. The number of phenolic OH excluding ortho intramolecular Hbond substituents is 2. The van der Waals surface area contributed by atoms with Crippen molar-refractivity contribution in [2.45, 2.75) is 25.8 Å². The molecule has 0 aliphatic rings. The minimum absolute atomic E-state index is 0.0403. The topological polar surface area (TPSA) is 69.6 Å². The zero-order valence-electron chi connectivity index (χ0n) is 9.61. The van der Waals surface area contributed by atoms with E-state index in [1.165, 1.54) is 18.2 Å². The maximum absolute atomic E-state index is 11.9. The van der Waals surface area contributed by atoms with Crippen molar-refractivity contribution in [2.75, 3.05) is 5.33 Å². The van der Waals surface area contributed by atoms with Crippen LogP contribution in [0.2, 0.25) is 0 Å². The van der Waals surface area contributed by atoms with E-state index >= 15 is 0 Å². The van der Waals surface area contributed by atoms with Crippen molar-refractivity contribution in [2.24, 2.45) is 0 Å². The number of hydrogen-bond acceptors (Lipinski definition) is 3. The van der Waals surface area contributed by atoms with Crippen LogP contribution in [0.15, 0.2) is 18.2 Å². The van der Waals surface area contributed by atoms with Gasteiger partial charge in [-0.25, -0.2) is 0 Å². The quantitative estimate of drug-likeness (QED) is 0.578. The van der Waals surface area contributed by atoms with Crippen molar-refractivity contribution in [1.29, 1.82) is 0 Å². The Balaban J connectivity index is 2.78. The fraction of sp³-hybridized carbons (Fsp3) is 0.417. The number of alkyl halides is 1. The number of aromatic hydroxyl groups is 2. The molecule has 1 atom stereocenters. The summed E-state index contributed by atoms with van der Waals surface area (Å²) in [5.41, 5.74) is 0.0954. The first-order valence-electron chi connectivity index (χ1n) is 5.47. The summed E-state index contributed by atoms with van der Waals surface area (Å²) in [4.78, 5) is 11.9. The highest BCUT2D eigenvalue weighted by Gasteiger charge is 2.15. The Bertz CT molecular complexity index is 395. The molecule has 5 heteroatoms. The first kappa shape index (κ1) is 13.8. The van der Waals surface area contributed by atoms with Crippen LogP contribution >= 0.6 is 15.9 Å². The van der Waals surface area contributed by atoms with Gasteiger partial charge in [0.15, 0.2) is 0 Å². The molecule has 1 amide bonds. The van der Waals surface area contributed by atoms with Gasteiger partial charge in [-0.05, 0) is 31.0 Å². The van der Waals surface area contributed by atoms with Gasteiger partial charge in [-0.2, -0.15) is 0 Å². The lowest BCUT2D eigenvalue weighted by Gasteiger charge is -2.16. The van der Waals surface area contributed by atoms with Crippen molar-refractivity contribution in [1.82, 2.24) is 5.32 Å². The predicted octanol–water partition coefficient (Wildman–Crippen LogP) is 2.39. The fourth-order valence-corrected chi connectivity index (χ4v) is 2.03. The van der Waals surface area contributed by atoms with Crippen LogP contribution in [0.1, 0.15) is 30.1 Å². The van der Waals surface area contributed by atoms with Crippen LogP contribution in [-0.4, -0.2) is 27.5 Å². The van der Waals surface area contributed by atoms with Gasteiger partial charge in [-0.1, -0.05) is 22.9 Å². The van der Waals surface area contributed by atoms with Crippen molar-refractivity contribution >= 4 is 21.8 Å². The van der Waals surface area contributed by atoms with E-state index in [1.54, 1.807) is 0 Å². The highest BCUT2D eigenvalue weighted by Crippen LogP contribution is 2.22. The molecule has 0 aliphatic carbocycles. The molecule has 1 rings (SSSR count). The first-order valence-corrected chi connectivity index (χ1v) is 6.59. The summed E-state index contributed by atoms with van der Waals surface area (Å²) in [5.74, 6) is -0.540. The number of carbonyl (C=O) groups is 1. The van der Waals surface area contributed by atoms with Crippen LogP contribution in [0.3, 0.4) is 0 Å². The summed E-state index contributed by atoms with van der Waals surface area (Å²) in [6, 6.07) is 3.95. The van der Waals surface area contributed by atoms with Crippen LogP contribution < -0.4 is 5.32 Å². The zero-order valence-corrected chi connectivity index (χ0v) is 11.2. The molecule has 17 heavy (non-hydrogen) atoms. The number of phenols is 2. The van der Waals surface area contributed by atoms with Crippen LogP contribution in [-0.2, 0) is 0 Å². The van der Waals surface area contributed by atoms with E-state index in [0.717, 1.165) is 18.2 Å². The summed E-state index contributed by atoms with van der Waals surface area (Å²) in [5, 5.41) is 22.4. The number of benzene rings is 1. The second-order valence-corrected chi connectivity index (χ2v) is 4.55. The Morgan fingerprint density at radius 1 is 1.47 bits per heavy atom. The minimum atomic E-state index is -0.369. The van der Waals surface area contributed by atoms with E-state index in [0.29, 0.717) is 0 Å². The molecule has 94 valence electrons. The van der Waals surface area contributed by atoms with Gasteiger partial charge in [-0.15, -0.1) is 0 Å². The average molecular weight is 302 g/mol. The molecule has 0 saturated carbocycles. The summed E-state index contributed by atoms with van der Waals surface area (Å²) in [6.45, 7) is 1.98. The number of nitrogens with one attached hydrogen (secondary N) is 1. The van der Waals surface area contributed by atoms with Gasteiger partial charge >= 0.3 is 0 Å². The lowest BCUT2D eigenvalue weighted by atomic mass is 10.1. The molecule has 0 spiro atoms. The second-order valence-electron chi connectivity index (χ2n) is 3.76. The number of hydrogen-bond donors (Lipinski definition) is 3. The normalized spacial score (nSPS) is 12.1. The van der Waals surface area contributed by atoms with Gasteiger partial charge < -0.3 is 15.5 Å². The molecular weight excluding hydrogens is 286 g/mol. The Kier molecular flexibility index (Phi) is 5.28. The lowest BCUT2D eigenvalue weighted by Crippen LogP contribution is -2.34. The van der Waals surface area contributed by atoms with Gasteiger partial charge in [0, 0.05) is 11.4 Å². The van der Waals surface area contributed by atoms with Gasteiger partial charge in [0.25, 0.3) is 5.91 Å². The molecule has 3 N–H and O–H groups in total. The summed E-state index contributed by atoms with van der Waals surface area (Å²) < 4.78 is 0. The van der Waals surface area contributed by atoms with Gasteiger partial charge in [0.05, 0.1) is 5.56 Å². The number of amides is 1. The second kappa shape index (κ2) is 6.49. The molecule has 0 fully saturated rings.